The summed E-state index contributed by atoms with van der Waals surface area (Å²) in [7, 11) is 0. The Balaban J connectivity index is 1.50. The van der Waals surface area contributed by atoms with Crippen LogP contribution in [0.4, 0.5) is 5.69 Å². The van der Waals surface area contributed by atoms with E-state index in [-0.39, 0.29) is 17.8 Å². The molecular weight excluding hydrogens is 388 g/mol. The molecular formula is C24H24N6O. The van der Waals surface area contributed by atoms with Gasteiger partial charge in [-0.15, -0.1) is 0 Å². The highest BCUT2D eigenvalue weighted by Gasteiger charge is 2.30. The summed E-state index contributed by atoms with van der Waals surface area (Å²) in [6.07, 6.45) is 7.48. The zero-order chi connectivity index (χ0) is 21.8. The fourth-order valence-corrected chi connectivity index (χ4v) is 3.33. The van der Waals surface area contributed by atoms with Crippen molar-refractivity contribution >= 4 is 23.8 Å². The highest BCUT2D eigenvalue weighted by molar-refractivity contribution is 6.06. The van der Waals surface area contributed by atoms with Gasteiger partial charge in [-0.25, -0.2) is 0 Å². The van der Waals surface area contributed by atoms with Crippen LogP contribution in [-0.2, 0) is 6.42 Å². The summed E-state index contributed by atoms with van der Waals surface area (Å²) >= 11 is 0. The van der Waals surface area contributed by atoms with Crippen molar-refractivity contribution in [1.82, 2.24) is 14.9 Å². The van der Waals surface area contributed by atoms with Crippen LogP contribution in [0.2, 0.25) is 0 Å². The minimum absolute atomic E-state index is 0.232. The van der Waals surface area contributed by atoms with Gasteiger partial charge in [0.05, 0.1) is 6.34 Å². The molecule has 2 aromatic heterocycles. The minimum atomic E-state index is -0.324. The molecule has 4 rings (SSSR count). The van der Waals surface area contributed by atoms with E-state index in [4.69, 9.17) is 10.8 Å². The van der Waals surface area contributed by atoms with Crippen molar-refractivity contribution in [3.63, 3.8) is 0 Å². The number of carbonyl (C=O) groups excluding carboxylic acids is 1. The van der Waals surface area contributed by atoms with Crippen LogP contribution >= 0.6 is 0 Å². The third kappa shape index (κ3) is 4.66. The summed E-state index contributed by atoms with van der Waals surface area (Å²) in [6.45, 7) is 2.06. The van der Waals surface area contributed by atoms with Crippen LogP contribution in [0.5, 0.6) is 0 Å². The molecule has 0 atom stereocenters. The first-order valence-electron chi connectivity index (χ1n) is 10.3. The summed E-state index contributed by atoms with van der Waals surface area (Å²) < 4.78 is 0. The molecule has 0 radical (unpaired) electrons. The van der Waals surface area contributed by atoms with E-state index in [1.807, 2.05) is 24.3 Å². The van der Waals surface area contributed by atoms with Gasteiger partial charge in [-0.05, 0) is 55.2 Å². The van der Waals surface area contributed by atoms with Gasteiger partial charge in [0.2, 0.25) is 0 Å². The molecule has 0 aliphatic heterocycles. The Kier molecular flexibility index (Phi) is 5.84. The third-order valence-corrected chi connectivity index (χ3v) is 5.24. The molecule has 7 nitrogen and oxygen atoms in total. The number of aryl methyl sites for hydroxylation is 1. The molecule has 2 heterocycles. The number of carbonyl (C=O) groups is 1. The van der Waals surface area contributed by atoms with Gasteiger partial charge < -0.3 is 10.2 Å². The van der Waals surface area contributed by atoms with Crippen molar-refractivity contribution in [3.05, 3.63) is 77.9 Å². The van der Waals surface area contributed by atoms with Crippen LogP contribution in [0, 0.1) is 10.8 Å². The van der Waals surface area contributed by atoms with E-state index in [2.05, 4.69) is 22.2 Å². The number of hydrogen-bond acceptors (Lipinski definition) is 5. The number of nitrogens with one attached hydrogen (secondary N) is 3. The molecule has 0 bridgehead atoms. The van der Waals surface area contributed by atoms with Crippen LogP contribution in [0.1, 0.15) is 41.5 Å². The van der Waals surface area contributed by atoms with Crippen molar-refractivity contribution in [2.45, 2.75) is 32.2 Å². The van der Waals surface area contributed by atoms with Gasteiger partial charge in [0.25, 0.3) is 5.91 Å². The van der Waals surface area contributed by atoms with E-state index in [9.17, 15) is 4.79 Å². The summed E-state index contributed by atoms with van der Waals surface area (Å²) in [5.74, 6) is -0.0634. The Morgan fingerprint density at radius 3 is 2.68 bits per heavy atom. The second kappa shape index (κ2) is 8.87. The minimum Gasteiger partial charge on any atom is -0.321 e. The molecule has 3 N–H and O–H groups in total. The molecule has 0 spiro atoms. The lowest BCUT2D eigenvalue weighted by atomic mass is 10.1. The van der Waals surface area contributed by atoms with E-state index in [1.54, 1.807) is 41.6 Å². The maximum atomic E-state index is 12.8. The predicted octanol–water partition coefficient (Wildman–Crippen LogP) is 4.36. The van der Waals surface area contributed by atoms with Gasteiger partial charge in [-0.2, -0.15) is 0 Å². The lowest BCUT2D eigenvalue weighted by molar-refractivity contribution is 0.102. The average molecular weight is 412 g/mol. The molecule has 1 fully saturated rings. The normalized spacial score (nSPS) is 12.8. The van der Waals surface area contributed by atoms with Crippen LogP contribution < -0.4 is 5.32 Å². The van der Waals surface area contributed by atoms with E-state index >= 15 is 0 Å². The summed E-state index contributed by atoms with van der Waals surface area (Å²) in [6, 6.07) is 14.9. The third-order valence-electron chi connectivity index (χ3n) is 5.24. The maximum absolute atomic E-state index is 12.8. The Labute approximate surface area is 181 Å². The molecule has 156 valence electrons. The van der Waals surface area contributed by atoms with Crippen molar-refractivity contribution in [2.24, 2.45) is 0 Å². The average Bonchev–Trinajstić information content (AvgIpc) is 3.65. The number of benzene rings is 1. The van der Waals surface area contributed by atoms with Gasteiger partial charge in [0.1, 0.15) is 11.5 Å². The quantitative estimate of drug-likeness (QED) is 0.396. The molecule has 1 aliphatic rings. The largest absolute Gasteiger partial charge is 0.321 e. The van der Waals surface area contributed by atoms with E-state index < -0.39 is 0 Å². The number of rotatable bonds is 7. The van der Waals surface area contributed by atoms with Gasteiger partial charge >= 0.3 is 0 Å². The molecule has 1 aromatic carbocycles. The molecule has 3 aromatic rings. The molecule has 1 amide bonds. The predicted molar refractivity (Wildman–Crippen MR) is 122 cm³/mol. The number of amidine groups is 1. The van der Waals surface area contributed by atoms with Crippen molar-refractivity contribution < 1.29 is 4.79 Å². The first-order chi connectivity index (χ1) is 15.1. The first kappa shape index (κ1) is 20.4. The zero-order valence-corrected chi connectivity index (χ0v) is 17.3. The van der Waals surface area contributed by atoms with Crippen LogP contribution in [0.15, 0.2) is 60.9 Å². The molecule has 0 saturated heterocycles. The second-order valence-corrected chi connectivity index (χ2v) is 7.47. The van der Waals surface area contributed by atoms with E-state index in [0.717, 1.165) is 36.1 Å². The summed E-state index contributed by atoms with van der Waals surface area (Å²) in [5.41, 5.74) is 4.35. The first-order valence-corrected chi connectivity index (χ1v) is 10.3. The number of amides is 1. The monoisotopic (exact) mass is 412 g/mol. The molecule has 1 saturated carbocycles. The van der Waals surface area contributed by atoms with Crippen LogP contribution in [0.3, 0.4) is 0 Å². The molecule has 0 unspecified atom stereocenters. The van der Waals surface area contributed by atoms with Crippen LogP contribution in [0.25, 0.3) is 11.1 Å². The van der Waals surface area contributed by atoms with Crippen LogP contribution in [-0.4, -0.2) is 39.0 Å². The topological polar surface area (TPSA) is 106 Å². The summed E-state index contributed by atoms with van der Waals surface area (Å²) in [4.78, 5) is 23.1. The highest BCUT2D eigenvalue weighted by atomic mass is 16.1. The number of anilines is 1. The lowest BCUT2D eigenvalue weighted by Crippen LogP contribution is -2.31. The highest BCUT2D eigenvalue weighted by Crippen LogP contribution is 2.27. The Bertz CT molecular complexity index is 1120. The van der Waals surface area contributed by atoms with Gasteiger partial charge in [0, 0.05) is 40.9 Å². The molecule has 7 heteroatoms. The fraction of sp³-hybridized carbons (Fsp3) is 0.208. The maximum Gasteiger partial charge on any atom is 0.274 e. The Hall–Kier alpha value is -3.87. The van der Waals surface area contributed by atoms with E-state index in [0.29, 0.717) is 16.9 Å². The smallest absolute Gasteiger partial charge is 0.274 e. The Morgan fingerprint density at radius 1 is 1.16 bits per heavy atom. The van der Waals surface area contributed by atoms with Crippen molar-refractivity contribution in [1.29, 1.82) is 10.8 Å². The van der Waals surface area contributed by atoms with Gasteiger partial charge in [-0.1, -0.05) is 25.1 Å². The number of pyridine rings is 2. The van der Waals surface area contributed by atoms with Gasteiger partial charge in [0.15, 0.2) is 0 Å². The molecule has 1 aliphatic carbocycles. The van der Waals surface area contributed by atoms with Gasteiger partial charge in [-0.3, -0.25) is 25.6 Å². The SMILES string of the molecule is CCc1ccc(-c2ccnc(C(=O)Nc3cccc(C(=N)N(C=N)C4CC4)c3)c2)cn1. The van der Waals surface area contributed by atoms with Crippen molar-refractivity contribution in [3.8, 4) is 11.1 Å². The second-order valence-electron chi connectivity index (χ2n) is 7.47. The standard InChI is InChI=1S/C24H24N6O/c1-2-19-7-6-18(14-28-19)16-10-11-27-22(13-16)24(31)29-20-5-3-4-17(12-20)23(26)30(15-25)21-8-9-21/h3-7,10-15,21,25-26H,2,8-9H2,1H3,(H,29,31). The van der Waals surface area contributed by atoms with Crippen molar-refractivity contribution in [2.75, 3.05) is 5.32 Å². The lowest BCUT2D eigenvalue weighted by Gasteiger charge is -2.19. The number of hydrogen-bond donors (Lipinski definition) is 3. The van der Waals surface area contributed by atoms with E-state index in [1.165, 1.54) is 6.34 Å². The fourth-order valence-electron chi connectivity index (χ4n) is 3.33. The molecule has 31 heavy (non-hydrogen) atoms. The Morgan fingerprint density at radius 2 is 2.00 bits per heavy atom. The zero-order valence-electron chi connectivity index (χ0n) is 17.3. The number of aromatic nitrogens is 2. The number of nitrogens with zero attached hydrogens (tertiary/aromatic N) is 3. The summed E-state index contributed by atoms with van der Waals surface area (Å²) in [5, 5.41) is 18.8.